The van der Waals surface area contributed by atoms with Crippen LogP contribution in [-0.4, -0.2) is 93.1 Å². The lowest BCUT2D eigenvalue weighted by atomic mass is 9.94. The van der Waals surface area contributed by atoms with E-state index < -0.39 is 23.8 Å². The first-order valence-electron chi connectivity index (χ1n) is 13.0. The van der Waals surface area contributed by atoms with Gasteiger partial charge >= 0.3 is 12.2 Å². The van der Waals surface area contributed by atoms with Gasteiger partial charge in [0.05, 0.1) is 43.6 Å². The molecule has 1 unspecified atom stereocenters. The van der Waals surface area contributed by atoms with Crippen LogP contribution in [-0.2, 0) is 15.8 Å². The van der Waals surface area contributed by atoms with E-state index in [2.05, 4.69) is 5.32 Å². The quantitative estimate of drug-likeness (QED) is 0.572. The molecule has 1 atom stereocenters. The Morgan fingerprint density at radius 1 is 1.02 bits per heavy atom. The zero-order chi connectivity index (χ0) is 29.5. The van der Waals surface area contributed by atoms with Gasteiger partial charge in [-0.3, -0.25) is 14.5 Å². The lowest BCUT2D eigenvalue weighted by Gasteiger charge is -2.37. The summed E-state index contributed by atoms with van der Waals surface area (Å²) >= 11 is 0. The summed E-state index contributed by atoms with van der Waals surface area (Å²) in [6.07, 6.45) is -4.44. The lowest BCUT2D eigenvalue weighted by Crippen LogP contribution is -2.51. The minimum absolute atomic E-state index is 0.0802. The fourth-order valence-corrected chi connectivity index (χ4v) is 5.48. The number of nitrogens with zero attached hydrogens (tertiary/aromatic N) is 4. The first kappa shape index (κ1) is 28.1. The molecule has 0 aliphatic carbocycles. The molecule has 3 aliphatic rings. The molecule has 0 bridgehead atoms. The van der Waals surface area contributed by atoms with E-state index in [0.717, 1.165) is 12.1 Å². The molecule has 5 rings (SSSR count). The highest BCUT2D eigenvalue weighted by molar-refractivity contribution is 6.03. The van der Waals surface area contributed by atoms with E-state index >= 15 is 0 Å². The van der Waals surface area contributed by atoms with Gasteiger partial charge in [0, 0.05) is 44.5 Å². The van der Waals surface area contributed by atoms with Crippen LogP contribution < -0.4 is 19.7 Å². The number of halogens is 3. The molecule has 3 heterocycles. The van der Waals surface area contributed by atoms with Crippen LogP contribution in [0.25, 0.3) is 0 Å². The molecule has 10 nitrogen and oxygen atoms in total. The second kappa shape index (κ2) is 10.9. The second-order valence-electron chi connectivity index (χ2n) is 9.96. The number of likely N-dealkylation sites (N-methyl/N-ethyl adjacent to an activating group) is 1. The van der Waals surface area contributed by atoms with Crippen molar-refractivity contribution < 1.29 is 37.0 Å². The van der Waals surface area contributed by atoms with Crippen molar-refractivity contribution in [1.29, 1.82) is 0 Å². The predicted octanol–water partition coefficient (Wildman–Crippen LogP) is 2.86. The third-order valence-corrected chi connectivity index (χ3v) is 7.68. The maximum absolute atomic E-state index is 13.6. The number of benzene rings is 2. The lowest BCUT2D eigenvalue weighted by molar-refractivity contribution is -0.137. The summed E-state index contributed by atoms with van der Waals surface area (Å²) in [4.78, 5) is 45.9. The number of piperazine rings is 1. The topological polar surface area (TPSA) is 94.7 Å². The summed E-state index contributed by atoms with van der Waals surface area (Å²) in [5, 5.41) is 2.86. The van der Waals surface area contributed by atoms with Gasteiger partial charge in [-0.05, 0) is 24.3 Å². The van der Waals surface area contributed by atoms with Crippen LogP contribution in [0.15, 0.2) is 53.7 Å². The minimum Gasteiger partial charge on any atom is -0.493 e. The molecule has 41 heavy (non-hydrogen) atoms. The standard InChI is InChI=1S/C28H30F3N5O5/c1-33-20-15-36(26(38)23(20)24(32-27(33)39)19-8-5-9-21(40-2)25(19)41-3)16-22(37)35-12-10-34(11-13-35)18-7-4-6-17(14-18)28(29,30)31/h4-9,14,24H,10-13,15-16H2,1-3H3,(H,32,39). The van der Waals surface area contributed by atoms with E-state index in [9.17, 15) is 27.6 Å². The number of carbonyl (C=O) groups is 3. The Labute approximate surface area is 234 Å². The van der Waals surface area contributed by atoms with Crippen LogP contribution in [0.5, 0.6) is 11.5 Å². The average Bonchev–Trinajstić information content (AvgIpc) is 3.29. The maximum atomic E-state index is 13.6. The normalized spacial score (nSPS) is 19.4. The summed E-state index contributed by atoms with van der Waals surface area (Å²) in [6, 6.07) is 9.11. The second-order valence-corrected chi connectivity index (χ2v) is 9.96. The largest absolute Gasteiger partial charge is 0.493 e. The molecule has 1 saturated heterocycles. The van der Waals surface area contributed by atoms with Crippen molar-refractivity contribution in [3.63, 3.8) is 0 Å². The Morgan fingerprint density at radius 3 is 2.39 bits per heavy atom. The van der Waals surface area contributed by atoms with Gasteiger partial charge in [0.15, 0.2) is 11.5 Å². The predicted molar refractivity (Wildman–Crippen MR) is 142 cm³/mol. The van der Waals surface area contributed by atoms with E-state index in [1.807, 2.05) is 0 Å². The number of anilines is 1. The van der Waals surface area contributed by atoms with Gasteiger partial charge in [-0.15, -0.1) is 0 Å². The highest BCUT2D eigenvalue weighted by atomic mass is 19.4. The van der Waals surface area contributed by atoms with Crippen LogP contribution in [0.4, 0.5) is 23.7 Å². The summed E-state index contributed by atoms with van der Waals surface area (Å²) < 4.78 is 50.3. The van der Waals surface area contributed by atoms with E-state index in [0.29, 0.717) is 60.2 Å². The summed E-state index contributed by atoms with van der Waals surface area (Å²) in [5.74, 6) is 0.178. The maximum Gasteiger partial charge on any atom is 0.416 e. The number of para-hydroxylation sites is 1. The van der Waals surface area contributed by atoms with Crippen molar-refractivity contribution in [2.24, 2.45) is 0 Å². The van der Waals surface area contributed by atoms with Gasteiger partial charge < -0.3 is 29.5 Å². The third-order valence-electron chi connectivity index (χ3n) is 7.68. The summed E-state index contributed by atoms with van der Waals surface area (Å²) in [6.45, 7) is 1.20. The molecular weight excluding hydrogens is 543 g/mol. The number of hydrogen-bond acceptors (Lipinski definition) is 6. The molecule has 2 aromatic carbocycles. The SMILES string of the molecule is COc1cccc(C2NC(=O)N(C)C3=C2C(=O)N(CC(=O)N2CCN(c4cccc(C(F)(F)F)c4)CC2)C3)c1OC. The number of amides is 4. The van der Waals surface area contributed by atoms with Crippen LogP contribution in [0.2, 0.25) is 0 Å². The van der Waals surface area contributed by atoms with Gasteiger partial charge in [0.1, 0.15) is 6.54 Å². The van der Waals surface area contributed by atoms with Gasteiger partial charge in [-0.1, -0.05) is 18.2 Å². The number of hydrogen-bond donors (Lipinski definition) is 1. The van der Waals surface area contributed by atoms with E-state index in [1.165, 1.54) is 30.1 Å². The average molecular weight is 574 g/mol. The fraction of sp³-hybridized carbons (Fsp3) is 0.393. The molecule has 1 fully saturated rings. The van der Waals surface area contributed by atoms with Crippen molar-refractivity contribution in [1.82, 2.24) is 20.0 Å². The fourth-order valence-electron chi connectivity index (χ4n) is 5.48. The molecule has 0 radical (unpaired) electrons. The Balaban J connectivity index is 1.28. The number of methoxy groups -OCH3 is 2. The molecule has 13 heteroatoms. The van der Waals surface area contributed by atoms with E-state index in [-0.39, 0.29) is 24.9 Å². The molecule has 0 aromatic heterocycles. The number of ether oxygens (including phenoxy) is 2. The third kappa shape index (κ3) is 5.23. The van der Waals surface area contributed by atoms with Crippen LogP contribution in [0, 0.1) is 0 Å². The van der Waals surface area contributed by atoms with Crippen LogP contribution >= 0.6 is 0 Å². The smallest absolute Gasteiger partial charge is 0.416 e. The molecule has 2 aromatic rings. The zero-order valence-electron chi connectivity index (χ0n) is 22.8. The van der Waals surface area contributed by atoms with Crippen LogP contribution in [0.1, 0.15) is 17.2 Å². The molecule has 3 aliphatic heterocycles. The van der Waals surface area contributed by atoms with Crippen LogP contribution in [0.3, 0.4) is 0 Å². The van der Waals surface area contributed by atoms with Crippen molar-refractivity contribution in [2.75, 3.05) is 65.4 Å². The number of urea groups is 1. The van der Waals surface area contributed by atoms with Crippen molar-refractivity contribution >= 4 is 23.5 Å². The monoisotopic (exact) mass is 573 g/mol. The molecule has 4 amide bonds. The van der Waals surface area contributed by atoms with Crippen molar-refractivity contribution in [2.45, 2.75) is 12.2 Å². The van der Waals surface area contributed by atoms with Gasteiger partial charge in [0.25, 0.3) is 5.91 Å². The summed E-state index contributed by atoms with van der Waals surface area (Å²) in [7, 11) is 4.53. The Morgan fingerprint density at radius 2 is 1.73 bits per heavy atom. The molecule has 0 saturated carbocycles. The van der Waals surface area contributed by atoms with E-state index in [1.54, 1.807) is 41.1 Å². The Hall–Kier alpha value is -4.42. The zero-order valence-corrected chi connectivity index (χ0v) is 22.8. The molecular formula is C28H30F3N5O5. The molecule has 0 spiro atoms. The van der Waals surface area contributed by atoms with Crippen molar-refractivity contribution in [3.8, 4) is 11.5 Å². The molecule has 1 N–H and O–H groups in total. The highest BCUT2D eigenvalue weighted by Gasteiger charge is 2.44. The number of carbonyl (C=O) groups excluding carboxylic acids is 3. The van der Waals surface area contributed by atoms with E-state index in [4.69, 9.17) is 9.47 Å². The highest BCUT2D eigenvalue weighted by Crippen LogP contribution is 2.42. The number of nitrogens with one attached hydrogen (secondary N) is 1. The molecule has 218 valence electrons. The van der Waals surface area contributed by atoms with Gasteiger partial charge in [-0.25, -0.2) is 4.79 Å². The van der Waals surface area contributed by atoms with Gasteiger partial charge in [-0.2, -0.15) is 13.2 Å². The van der Waals surface area contributed by atoms with Crippen molar-refractivity contribution in [3.05, 3.63) is 64.9 Å². The minimum atomic E-state index is -4.44. The number of alkyl halides is 3. The van der Waals surface area contributed by atoms with Gasteiger partial charge in [0.2, 0.25) is 5.91 Å². The summed E-state index contributed by atoms with van der Waals surface area (Å²) in [5.41, 5.74) is 1.11. The first-order valence-corrected chi connectivity index (χ1v) is 13.0. The Bertz CT molecular complexity index is 1400. The number of rotatable bonds is 6. The Kier molecular flexibility index (Phi) is 7.45. The first-order chi connectivity index (χ1) is 19.5.